The predicted octanol–water partition coefficient (Wildman–Crippen LogP) is 4.65. The Balaban J connectivity index is 2.45. The van der Waals surface area contributed by atoms with E-state index in [2.05, 4.69) is 38.4 Å². The van der Waals surface area contributed by atoms with Gasteiger partial charge in [0.15, 0.2) is 0 Å². The monoisotopic (exact) mass is 264 g/mol. The minimum absolute atomic E-state index is 0.260. The molecule has 0 spiro atoms. The van der Waals surface area contributed by atoms with Gasteiger partial charge in [0.2, 0.25) is 0 Å². The van der Waals surface area contributed by atoms with Gasteiger partial charge in [-0.05, 0) is 18.4 Å². The molecular formula is C16H28OSi. The van der Waals surface area contributed by atoms with Crippen LogP contribution in [-0.4, -0.2) is 13.9 Å². The van der Waals surface area contributed by atoms with Crippen molar-refractivity contribution in [2.45, 2.75) is 77.1 Å². The van der Waals surface area contributed by atoms with E-state index in [0.29, 0.717) is 11.3 Å². The molecule has 2 unspecified atom stereocenters. The number of unbranched alkanes of at least 4 members (excludes halogenated alkanes) is 3. The van der Waals surface area contributed by atoms with Gasteiger partial charge in [-0.15, -0.1) is 11.8 Å². The summed E-state index contributed by atoms with van der Waals surface area (Å²) in [5.41, 5.74) is 0.662. The highest BCUT2D eigenvalue weighted by molar-refractivity contribution is 6.78. The van der Waals surface area contributed by atoms with Crippen molar-refractivity contribution in [3.8, 4) is 11.8 Å². The lowest BCUT2D eigenvalue weighted by Gasteiger charge is -2.28. The molecule has 0 aromatic rings. The van der Waals surface area contributed by atoms with Crippen LogP contribution in [0.5, 0.6) is 0 Å². The van der Waals surface area contributed by atoms with Crippen LogP contribution >= 0.6 is 0 Å². The second-order valence-electron chi connectivity index (χ2n) is 6.60. The fraction of sp³-hybridized carbons (Fsp3) is 0.812. The Hall–Kier alpha value is -0.553. The van der Waals surface area contributed by atoms with E-state index in [4.69, 9.17) is 0 Å². The van der Waals surface area contributed by atoms with Crippen LogP contribution in [-0.2, 0) is 4.79 Å². The molecule has 1 aliphatic carbocycles. The maximum atomic E-state index is 12.0. The van der Waals surface area contributed by atoms with E-state index in [-0.39, 0.29) is 5.92 Å². The molecule has 0 amide bonds. The fourth-order valence-corrected chi connectivity index (χ4v) is 5.46. The molecule has 1 rings (SSSR count). The lowest BCUT2D eigenvalue weighted by atomic mass is 10.0. The first-order valence-corrected chi connectivity index (χ1v) is 11.0. The third-order valence-corrected chi connectivity index (χ3v) is 6.98. The van der Waals surface area contributed by atoms with Gasteiger partial charge < -0.3 is 0 Å². The van der Waals surface area contributed by atoms with E-state index in [9.17, 15) is 4.79 Å². The lowest BCUT2D eigenvalue weighted by molar-refractivity contribution is -0.120. The normalized spacial score (nSPS) is 23.9. The molecule has 0 bridgehead atoms. The maximum Gasteiger partial charge on any atom is 0.136 e. The first-order chi connectivity index (χ1) is 8.46. The molecule has 1 fully saturated rings. The summed E-state index contributed by atoms with van der Waals surface area (Å²) in [6.45, 7) is 9.37. The zero-order valence-corrected chi connectivity index (χ0v) is 13.5. The summed E-state index contributed by atoms with van der Waals surface area (Å²) in [5, 5.41) is 0. The fourth-order valence-electron chi connectivity index (χ4n) is 2.94. The summed E-state index contributed by atoms with van der Waals surface area (Å²) in [6.07, 6.45) is 7.48. The van der Waals surface area contributed by atoms with Crippen molar-refractivity contribution < 1.29 is 4.79 Å². The van der Waals surface area contributed by atoms with Gasteiger partial charge >= 0.3 is 0 Å². The van der Waals surface area contributed by atoms with Gasteiger partial charge in [0.1, 0.15) is 5.78 Å². The minimum Gasteiger partial charge on any atom is -0.299 e. The Morgan fingerprint density at radius 3 is 2.56 bits per heavy atom. The SMILES string of the molecule is CCCCCC#CCC1C(=O)CCC1[Si](C)(C)C. The van der Waals surface area contributed by atoms with Crippen molar-refractivity contribution in [3.63, 3.8) is 0 Å². The minimum atomic E-state index is -1.20. The molecule has 0 aromatic heterocycles. The van der Waals surface area contributed by atoms with Crippen LogP contribution in [0.3, 0.4) is 0 Å². The van der Waals surface area contributed by atoms with Gasteiger partial charge in [0, 0.05) is 33.3 Å². The maximum absolute atomic E-state index is 12.0. The Kier molecular flexibility index (Phi) is 6.15. The molecule has 0 aliphatic heterocycles. The summed E-state index contributed by atoms with van der Waals surface area (Å²) in [5.74, 6) is 7.26. The van der Waals surface area contributed by atoms with Crippen LogP contribution in [0, 0.1) is 17.8 Å². The van der Waals surface area contributed by atoms with Crippen LogP contribution in [0.15, 0.2) is 0 Å². The third kappa shape index (κ3) is 4.61. The van der Waals surface area contributed by atoms with E-state index in [1.165, 1.54) is 19.3 Å². The summed E-state index contributed by atoms with van der Waals surface area (Å²) < 4.78 is 0. The molecule has 1 saturated carbocycles. The van der Waals surface area contributed by atoms with Crippen molar-refractivity contribution in [3.05, 3.63) is 0 Å². The smallest absolute Gasteiger partial charge is 0.136 e. The molecule has 2 atom stereocenters. The highest BCUT2D eigenvalue weighted by Crippen LogP contribution is 2.42. The Labute approximate surface area is 114 Å². The number of carbonyl (C=O) groups is 1. The van der Waals surface area contributed by atoms with Crippen LogP contribution in [0.2, 0.25) is 25.2 Å². The molecule has 1 nitrogen and oxygen atoms in total. The number of hydrogen-bond donors (Lipinski definition) is 0. The van der Waals surface area contributed by atoms with E-state index in [0.717, 1.165) is 25.7 Å². The molecule has 0 radical (unpaired) electrons. The number of ketones is 1. The van der Waals surface area contributed by atoms with Crippen LogP contribution < -0.4 is 0 Å². The Bertz CT molecular complexity index is 329. The van der Waals surface area contributed by atoms with Gasteiger partial charge in [0.05, 0.1) is 0 Å². The predicted molar refractivity (Wildman–Crippen MR) is 81.4 cm³/mol. The highest BCUT2D eigenvalue weighted by atomic mass is 28.3. The van der Waals surface area contributed by atoms with E-state index in [1.807, 2.05) is 0 Å². The van der Waals surface area contributed by atoms with E-state index in [1.54, 1.807) is 0 Å². The van der Waals surface area contributed by atoms with Crippen molar-refractivity contribution in [1.82, 2.24) is 0 Å². The number of Topliss-reactive ketones (excluding diaryl/α,β-unsaturated/α-hetero) is 1. The van der Waals surface area contributed by atoms with Crippen molar-refractivity contribution >= 4 is 13.9 Å². The average Bonchev–Trinajstić information content (AvgIpc) is 2.65. The quantitative estimate of drug-likeness (QED) is 0.401. The molecule has 1 aliphatic rings. The second-order valence-corrected chi connectivity index (χ2v) is 12.1. The number of carbonyl (C=O) groups excluding carboxylic acids is 1. The van der Waals surface area contributed by atoms with E-state index >= 15 is 0 Å². The number of rotatable bonds is 5. The van der Waals surface area contributed by atoms with E-state index < -0.39 is 8.07 Å². The Morgan fingerprint density at radius 1 is 1.22 bits per heavy atom. The van der Waals surface area contributed by atoms with Crippen molar-refractivity contribution in [2.75, 3.05) is 0 Å². The molecular weight excluding hydrogens is 236 g/mol. The zero-order chi connectivity index (χ0) is 13.6. The standard InChI is InChI=1S/C16H28OSi/c1-5-6-7-8-9-10-11-14-15(17)12-13-16(14)18(2,3)4/h14,16H,5-8,11-13H2,1-4H3. The third-order valence-electron chi connectivity index (χ3n) is 4.07. The molecule has 0 N–H and O–H groups in total. The second kappa shape index (κ2) is 7.14. The molecule has 0 aromatic carbocycles. The lowest BCUT2D eigenvalue weighted by Crippen LogP contribution is -2.32. The summed E-state index contributed by atoms with van der Waals surface area (Å²) in [4.78, 5) is 12.0. The van der Waals surface area contributed by atoms with Crippen molar-refractivity contribution in [2.24, 2.45) is 5.92 Å². The molecule has 102 valence electrons. The molecule has 0 saturated heterocycles. The Morgan fingerprint density at radius 2 is 1.94 bits per heavy atom. The first-order valence-electron chi connectivity index (χ1n) is 7.45. The van der Waals surface area contributed by atoms with Crippen LogP contribution in [0.1, 0.15) is 51.9 Å². The topological polar surface area (TPSA) is 17.1 Å². The van der Waals surface area contributed by atoms with Gasteiger partial charge in [-0.3, -0.25) is 4.79 Å². The van der Waals surface area contributed by atoms with Gasteiger partial charge in [-0.1, -0.05) is 39.4 Å². The number of hydrogen-bond acceptors (Lipinski definition) is 1. The average molecular weight is 264 g/mol. The zero-order valence-electron chi connectivity index (χ0n) is 12.5. The first kappa shape index (κ1) is 15.5. The van der Waals surface area contributed by atoms with Crippen molar-refractivity contribution in [1.29, 1.82) is 0 Å². The van der Waals surface area contributed by atoms with Gasteiger partial charge in [-0.25, -0.2) is 0 Å². The summed E-state index contributed by atoms with van der Waals surface area (Å²) in [6, 6.07) is 0. The highest BCUT2D eigenvalue weighted by Gasteiger charge is 2.41. The summed E-state index contributed by atoms with van der Waals surface area (Å²) in [7, 11) is -1.20. The molecule has 18 heavy (non-hydrogen) atoms. The van der Waals surface area contributed by atoms with Gasteiger partial charge in [0.25, 0.3) is 0 Å². The van der Waals surface area contributed by atoms with Crippen LogP contribution in [0.25, 0.3) is 0 Å². The molecule has 2 heteroatoms. The summed E-state index contributed by atoms with van der Waals surface area (Å²) >= 11 is 0. The van der Waals surface area contributed by atoms with Crippen LogP contribution in [0.4, 0.5) is 0 Å². The largest absolute Gasteiger partial charge is 0.299 e. The van der Waals surface area contributed by atoms with Gasteiger partial charge in [-0.2, -0.15) is 0 Å². The molecule has 0 heterocycles.